The lowest BCUT2D eigenvalue weighted by atomic mass is 10.2. The fourth-order valence-corrected chi connectivity index (χ4v) is 2.85. The first kappa shape index (κ1) is 17.4. The molecule has 0 saturated carbocycles. The molecule has 6 heteroatoms. The van der Waals surface area contributed by atoms with Crippen molar-refractivity contribution in [1.82, 2.24) is 15.3 Å². The number of anilines is 1. The average Bonchev–Trinajstić information content (AvgIpc) is 3.18. The van der Waals surface area contributed by atoms with Crippen LogP contribution in [0.25, 0.3) is 0 Å². The van der Waals surface area contributed by atoms with Crippen LogP contribution in [0.15, 0.2) is 43.0 Å². The molecule has 1 aliphatic heterocycles. The van der Waals surface area contributed by atoms with Gasteiger partial charge in [0.05, 0.1) is 23.6 Å². The van der Waals surface area contributed by atoms with E-state index in [1.54, 1.807) is 24.8 Å². The minimum atomic E-state index is -0.104. The van der Waals surface area contributed by atoms with Gasteiger partial charge in [-0.25, -0.2) is 0 Å². The normalized spacial score (nSPS) is 16.6. The van der Waals surface area contributed by atoms with E-state index in [9.17, 15) is 4.79 Å². The van der Waals surface area contributed by atoms with Gasteiger partial charge in [-0.15, -0.1) is 0 Å². The Balaban J connectivity index is 1.55. The lowest BCUT2D eigenvalue weighted by Crippen LogP contribution is -2.32. The highest BCUT2D eigenvalue weighted by atomic mass is 16.5. The van der Waals surface area contributed by atoms with Crippen LogP contribution >= 0.6 is 0 Å². The summed E-state index contributed by atoms with van der Waals surface area (Å²) in [4.78, 5) is 22.7. The lowest BCUT2D eigenvalue weighted by molar-refractivity contribution is 0.0857. The van der Waals surface area contributed by atoms with Crippen molar-refractivity contribution in [2.75, 3.05) is 31.6 Å². The van der Waals surface area contributed by atoms with Crippen molar-refractivity contribution in [3.8, 4) is 0 Å². The van der Waals surface area contributed by atoms with E-state index < -0.39 is 0 Å². The van der Waals surface area contributed by atoms with Crippen LogP contribution in [0.4, 0.5) is 5.69 Å². The Hall–Kier alpha value is -2.47. The van der Waals surface area contributed by atoms with Crippen LogP contribution in [-0.4, -0.2) is 48.7 Å². The molecule has 3 rings (SSSR count). The first-order chi connectivity index (χ1) is 12.2. The largest absolute Gasteiger partial charge is 0.376 e. The number of carbonyl (C=O) groups excluding carboxylic acids is 1. The molecule has 1 atom stereocenters. The van der Waals surface area contributed by atoms with Crippen molar-refractivity contribution in [2.24, 2.45) is 0 Å². The number of amides is 1. The van der Waals surface area contributed by atoms with Gasteiger partial charge >= 0.3 is 0 Å². The van der Waals surface area contributed by atoms with Gasteiger partial charge in [-0.2, -0.15) is 0 Å². The maximum atomic E-state index is 12.3. The van der Waals surface area contributed by atoms with E-state index in [1.165, 1.54) is 5.56 Å². The van der Waals surface area contributed by atoms with Crippen LogP contribution in [0.2, 0.25) is 0 Å². The SMILES string of the molecule is CN(CCc1ccncc1)c1cncc(C(=O)NCC2CCCO2)c1. The van der Waals surface area contributed by atoms with E-state index >= 15 is 0 Å². The number of likely N-dealkylation sites (N-methyl/N-ethyl adjacent to an activating group) is 1. The van der Waals surface area contributed by atoms with E-state index in [-0.39, 0.29) is 12.0 Å². The van der Waals surface area contributed by atoms with Gasteiger partial charge in [0.1, 0.15) is 0 Å². The van der Waals surface area contributed by atoms with Crippen molar-refractivity contribution >= 4 is 11.6 Å². The van der Waals surface area contributed by atoms with E-state index in [0.29, 0.717) is 12.1 Å². The van der Waals surface area contributed by atoms with Crippen LogP contribution < -0.4 is 10.2 Å². The van der Waals surface area contributed by atoms with Gasteiger partial charge in [-0.3, -0.25) is 14.8 Å². The highest BCUT2D eigenvalue weighted by Crippen LogP contribution is 2.15. The Morgan fingerprint density at radius 2 is 2.16 bits per heavy atom. The van der Waals surface area contributed by atoms with E-state index in [1.807, 2.05) is 25.2 Å². The Morgan fingerprint density at radius 3 is 2.92 bits per heavy atom. The summed E-state index contributed by atoms with van der Waals surface area (Å²) in [5, 5.41) is 2.94. The van der Waals surface area contributed by atoms with Crippen molar-refractivity contribution in [1.29, 1.82) is 0 Å². The summed E-state index contributed by atoms with van der Waals surface area (Å²) >= 11 is 0. The first-order valence-corrected chi connectivity index (χ1v) is 8.67. The zero-order valence-electron chi connectivity index (χ0n) is 14.5. The van der Waals surface area contributed by atoms with Gasteiger partial charge in [-0.05, 0) is 43.0 Å². The topological polar surface area (TPSA) is 67.4 Å². The van der Waals surface area contributed by atoms with Gasteiger partial charge in [0, 0.05) is 45.3 Å². The second-order valence-electron chi connectivity index (χ2n) is 6.30. The summed E-state index contributed by atoms with van der Waals surface area (Å²) < 4.78 is 5.53. The standard InChI is InChI=1S/C19H24N4O2/c1-23(9-6-15-4-7-20-8-5-15)17-11-16(12-21-13-17)19(24)22-14-18-3-2-10-25-18/h4-5,7-8,11-13,18H,2-3,6,9-10,14H2,1H3,(H,22,24). The van der Waals surface area contributed by atoms with E-state index in [2.05, 4.69) is 20.2 Å². The molecular weight excluding hydrogens is 316 g/mol. The van der Waals surface area contributed by atoms with E-state index in [4.69, 9.17) is 4.74 Å². The minimum Gasteiger partial charge on any atom is -0.376 e. The number of pyridine rings is 2. The molecule has 6 nitrogen and oxygen atoms in total. The maximum absolute atomic E-state index is 12.3. The molecule has 2 aromatic heterocycles. The number of carbonyl (C=O) groups is 1. The molecule has 1 fully saturated rings. The summed E-state index contributed by atoms with van der Waals surface area (Å²) in [7, 11) is 2.01. The molecule has 1 unspecified atom stereocenters. The molecule has 25 heavy (non-hydrogen) atoms. The lowest BCUT2D eigenvalue weighted by Gasteiger charge is -2.19. The number of hydrogen-bond donors (Lipinski definition) is 1. The highest BCUT2D eigenvalue weighted by molar-refractivity contribution is 5.94. The van der Waals surface area contributed by atoms with Gasteiger partial charge in [0.25, 0.3) is 5.91 Å². The number of nitrogens with zero attached hydrogens (tertiary/aromatic N) is 3. The predicted molar refractivity (Wildman–Crippen MR) is 96.8 cm³/mol. The molecule has 0 aliphatic carbocycles. The minimum absolute atomic E-state index is 0.104. The second-order valence-corrected chi connectivity index (χ2v) is 6.30. The summed E-state index contributed by atoms with van der Waals surface area (Å²) in [6.07, 6.45) is 10.1. The fraction of sp³-hybridized carbons (Fsp3) is 0.421. The van der Waals surface area contributed by atoms with Gasteiger partial charge < -0.3 is 15.0 Å². The Bertz CT molecular complexity index is 687. The molecular formula is C19H24N4O2. The molecule has 2 aromatic rings. The summed E-state index contributed by atoms with van der Waals surface area (Å²) in [5.41, 5.74) is 2.74. The molecule has 1 aliphatic rings. The smallest absolute Gasteiger partial charge is 0.253 e. The zero-order chi connectivity index (χ0) is 17.5. The van der Waals surface area contributed by atoms with Gasteiger partial charge in [0.2, 0.25) is 0 Å². The van der Waals surface area contributed by atoms with E-state index in [0.717, 1.165) is 38.1 Å². The van der Waals surface area contributed by atoms with Crippen LogP contribution in [0, 0.1) is 0 Å². The van der Waals surface area contributed by atoms with Crippen molar-refractivity contribution in [2.45, 2.75) is 25.4 Å². The Kier molecular flexibility index (Phi) is 5.95. The summed E-state index contributed by atoms with van der Waals surface area (Å²) in [6.45, 7) is 2.19. The average molecular weight is 340 g/mol. The molecule has 0 aromatic carbocycles. The maximum Gasteiger partial charge on any atom is 0.253 e. The highest BCUT2D eigenvalue weighted by Gasteiger charge is 2.17. The number of ether oxygens (including phenoxy) is 1. The van der Waals surface area contributed by atoms with Crippen LogP contribution in [-0.2, 0) is 11.2 Å². The molecule has 0 radical (unpaired) electrons. The van der Waals surface area contributed by atoms with Crippen molar-refractivity contribution in [3.05, 3.63) is 54.1 Å². The number of aromatic nitrogens is 2. The molecule has 1 saturated heterocycles. The predicted octanol–water partition coefficient (Wildman–Crippen LogP) is 2.06. The molecule has 3 heterocycles. The molecule has 1 N–H and O–H groups in total. The fourth-order valence-electron chi connectivity index (χ4n) is 2.85. The summed E-state index contributed by atoms with van der Waals surface area (Å²) in [5.74, 6) is -0.104. The van der Waals surface area contributed by atoms with Crippen LogP contribution in [0.3, 0.4) is 0 Å². The Labute approximate surface area is 148 Å². The number of nitrogens with one attached hydrogen (secondary N) is 1. The second kappa shape index (κ2) is 8.58. The molecule has 1 amide bonds. The Morgan fingerprint density at radius 1 is 1.32 bits per heavy atom. The quantitative estimate of drug-likeness (QED) is 0.836. The van der Waals surface area contributed by atoms with Crippen LogP contribution in [0.1, 0.15) is 28.8 Å². The van der Waals surface area contributed by atoms with Gasteiger partial charge in [-0.1, -0.05) is 0 Å². The third-order valence-corrected chi connectivity index (χ3v) is 4.43. The van der Waals surface area contributed by atoms with Crippen molar-refractivity contribution < 1.29 is 9.53 Å². The third kappa shape index (κ3) is 5.00. The van der Waals surface area contributed by atoms with Crippen LogP contribution in [0.5, 0.6) is 0 Å². The first-order valence-electron chi connectivity index (χ1n) is 8.67. The zero-order valence-corrected chi connectivity index (χ0v) is 14.5. The molecule has 132 valence electrons. The van der Waals surface area contributed by atoms with Gasteiger partial charge in [0.15, 0.2) is 0 Å². The van der Waals surface area contributed by atoms with Crippen molar-refractivity contribution in [3.63, 3.8) is 0 Å². The molecule has 0 spiro atoms. The third-order valence-electron chi connectivity index (χ3n) is 4.43. The number of rotatable bonds is 7. The number of hydrogen-bond acceptors (Lipinski definition) is 5. The monoisotopic (exact) mass is 340 g/mol. The summed E-state index contributed by atoms with van der Waals surface area (Å²) in [6, 6.07) is 5.91. The molecule has 0 bridgehead atoms.